The van der Waals surface area contributed by atoms with Crippen LogP contribution in [-0.2, 0) is 21.8 Å². The predicted octanol–water partition coefficient (Wildman–Crippen LogP) is 7.14. The Kier molecular flexibility index (Phi) is 13.7. The van der Waals surface area contributed by atoms with Crippen molar-refractivity contribution in [2.75, 3.05) is 6.61 Å². The quantitative estimate of drug-likeness (QED) is 0.179. The summed E-state index contributed by atoms with van der Waals surface area (Å²) in [5, 5.41) is 2.87. The number of hydrogen-bond donors (Lipinski definition) is 0. The predicted molar refractivity (Wildman–Crippen MR) is 148 cm³/mol. The number of hydrogen-bond acceptors (Lipinski definition) is 2. The van der Waals surface area contributed by atoms with E-state index in [0.717, 1.165) is 18.9 Å². The smallest absolute Gasteiger partial charge is 0.478 e. The van der Waals surface area contributed by atoms with E-state index in [0.29, 0.717) is 23.5 Å². The molecule has 3 aliphatic rings. The molecule has 0 N–H and O–H groups in total. The van der Waals surface area contributed by atoms with Crippen molar-refractivity contribution in [1.29, 1.82) is 0 Å². The maximum atomic E-state index is 6.07. The first kappa shape index (κ1) is 30.4. The fourth-order valence-corrected chi connectivity index (χ4v) is 7.31. The number of nitrogens with zero attached hydrogens (tertiary/aromatic N) is 1. The van der Waals surface area contributed by atoms with Crippen molar-refractivity contribution in [1.82, 2.24) is 0 Å². The van der Waals surface area contributed by atoms with Gasteiger partial charge in [-0.3, -0.25) is 0 Å². The molecule has 0 spiro atoms. The molecule has 184 valence electrons. The summed E-state index contributed by atoms with van der Waals surface area (Å²) in [7, 11) is -0.460. The summed E-state index contributed by atoms with van der Waals surface area (Å²) in [4.78, 5) is 4.94. The number of aliphatic imine (C=N–C) groups is 1. The molecule has 2 aliphatic carbocycles. The summed E-state index contributed by atoms with van der Waals surface area (Å²) in [6, 6.07) is 22.3. The van der Waals surface area contributed by atoms with Gasteiger partial charge in [0.2, 0.25) is 0 Å². The summed E-state index contributed by atoms with van der Waals surface area (Å²) in [5.41, 5.74) is 0.513. The normalized spacial score (nSPS) is 22.1. The van der Waals surface area contributed by atoms with E-state index < -0.39 is 7.92 Å². The molecule has 2 unspecified atom stereocenters. The van der Waals surface area contributed by atoms with Crippen LogP contribution in [0.15, 0.2) is 90.0 Å². The van der Waals surface area contributed by atoms with Crippen LogP contribution in [0.3, 0.4) is 0 Å². The maximum absolute atomic E-state index is 6.07. The van der Waals surface area contributed by atoms with E-state index >= 15 is 0 Å². The Labute approximate surface area is 220 Å². The van der Waals surface area contributed by atoms with Gasteiger partial charge in [-0.1, -0.05) is 98.8 Å². The molecule has 3 atom stereocenters. The van der Waals surface area contributed by atoms with E-state index in [1.165, 1.54) is 29.9 Å². The van der Waals surface area contributed by atoms with Crippen LogP contribution >= 0.6 is 7.92 Å². The third-order valence-electron chi connectivity index (χ3n) is 6.19. The van der Waals surface area contributed by atoms with E-state index in [-0.39, 0.29) is 31.9 Å². The SMILES string of the molecule is C1=CCCC1.CC(C)[C@H]1COC(C2C=CCC2P(c2ccccc2)c2ccccc2)=N1.[CH3-].[CH3-].[Fe+2]. The molecule has 0 saturated carbocycles. The van der Waals surface area contributed by atoms with Gasteiger partial charge in [-0.25, -0.2) is 4.99 Å². The molecule has 0 aromatic heterocycles. The van der Waals surface area contributed by atoms with E-state index in [9.17, 15) is 0 Å². The van der Waals surface area contributed by atoms with Crippen molar-refractivity contribution in [2.24, 2.45) is 16.8 Å². The minimum atomic E-state index is -0.460. The van der Waals surface area contributed by atoms with Crippen molar-refractivity contribution in [3.05, 3.63) is 99.8 Å². The van der Waals surface area contributed by atoms with Crippen LogP contribution < -0.4 is 10.6 Å². The Morgan fingerprint density at radius 1 is 0.853 bits per heavy atom. The van der Waals surface area contributed by atoms with E-state index in [2.05, 4.69) is 98.8 Å². The molecule has 34 heavy (non-hydrogen) atoms. The molecule has 0 fully saturated rings. The molecule has 5 rings (SSSR count). The first-order valence-electron chi connectivity index (χ1n) is 11.7. The fourth-order valence-electron chi connectivity index (χ4n) is 4.38. The summed E-state index contributed by atoms with van der Waals surface area (Å²) in [6.45, 7) is 5.19. The number of ether oxygens (including phenoxy) is 1. The van der Waals surface area contributed by atoms with Crippen molar-refractivity contribution in [3.8, 4) is 0 Å². The van der Waals surface area contributed by atoms with Crippen molar-refractivity contribution < 1.29 is 21.8 Å². The average molecular weight is 517 g/mol. The number of allylic oxidation sites excluding steroid dienone is 3. The van der Waals surface area contributed by atoms with Gasteiger partial charge in [-0.2, -0.15) is 0 Å². The molecular formula is C30H40FeNOP. The van der Waals surface area contributed by atoms with E-state index in [1.807, 2.05) is 0 Å². The molecule has 0 amide bonds. The molecule has 1 aliphatic heterocycles. The van der Waals surface area contributed by atoms with Crippen molar-refractivity contribution in [2.45, 2.75) is 51.2 Å². The zero-order valence-electron chi connectivity index (χ0n) is 21.1. The monoisotopic (exact) mass is 517 g/mol. The molecule has 1 heterocycles. The summed E-state index contributed by atoms with van der Waals surface area (Å²) in [5.74, 6) is 1.79. The molecule has 4 heteroatoms. The molecule has 2 aromatic rings. The molecule has 2 nitrogen and oxygen atoms in total. The molecule has 0 bridgehead atoms. The third-order valence-corrected chi connectivity index (χ3v) is 9.10. The van der Waals surface area contributed by atoms with Gasteiger partial charge in [0.25, 0.3) is 0 Å². The maximum Gasteiger partial charge on any atom is 2.00 e. The van der Waals surface area contributed by atoms with Crippen molar-refractivity contribution in [3.63, 3.8) is 0 Å². The standard InChI is InChI=1S/C23H26NOP.C5H8.2CH3.Fe/c1-17(2)21-16-25-23(24-21)20-14-9-15-22(20)26(18-10-5-3-6-11-18)19-12-7-4-8-13-19;1-2-4-5-3-1;;;/h3-14,17,20-22H,15-16H2,1-2H3;1-2H,3-5H2;2*1H3;/q;;2*-1;+2/t20?,21-,22?;;;;/m1..../s1. The van der Waals surface area contributed by atoms with Gasteiger partial charge in [0.1, 0.15) is 6.61 Å². The molecule has 2 aromatic carbocycles. The zero-order chi connectivity index (χ0) is 21.5. The number of rotatable bonds is 5. The first-order valence-corrected chi connectivity index (χ1v) is 13.1. The van der Waals surface area contributed by atoms with Gasteiger partial charge in [0.15, 0.2) is 5.90 Å². The first-order chi connectivity index (χ1) is 15.2. The second-order valence-electron chi connectivity index (χ2n) is 8.79. The Hall–Kier alpha value is -1.66. The van der Waals surface area contributed by atoms with Gasteiger partial charge in [-0.15, -0.1) is 0 Å². The minimum Gasteiger partial charge on any atom is -0.478 e. The van der Waals surface area contributed by atoms with Crippen molar-refractivity contribution >= 4 is 24.4 Å². The van der Waals surface area contributed by atoms with Gasteiger partial charge in [0, 0.05) is 5.66 Å². The number of benzene rings is 2. The van der Waals surface area contributed by atoms with Crippen LogP contribution in [0.25, 0.3) is 0 Å². The largest absolute Gasteiger partial charge is 2.00 e. The van der Waals surface area contributed by atoms with Gasteiger partial charge in [-0.05, 0) is 50.1 Å². The zero-order valence-corrected chi connectivity index (χ0v) is 23.1. The van der Waals surface area contributed by atoms with Crippen LogP contribution in [0.4, 0.5) is 0 Å². The Bertz CT molecular complexity index is 864. The molecular weight excluding hydrogens is 477 g/mol. The van der Waals surface area contributed by atoms with E-state index in [4.69, 9.17) is 9.73 Å². The van der Waals surface area contributed by atoms with Gasteiger partial charge < -0.3 is 19.6 Å². The Morgan fingerprint density at radius 3 is 1.85 bits per heavy atom. The van der Waals surface area contributed by atoms with E-state index in [1.54, 1.807) is 0 Å². The van der Waals surface area contributed by atoms with Gasteiger partial charge >= 0.3 is 17.1 Å². The summed E-state index contributed by atoms with van der Waals surface area (Å²) in [6.07, 6.45) is 14.2. The third kappa shape index (κ3) is 7.67. The molecule has 0 radical (unpaired) electrons. The Morgan fingerprint density at radius 2 is 1.41 bits per heavy atom. The summed E-state index contributed by atoms with van der Waals surface area (Å²) >= 11 is 0. The van der Waals surface area contributed by atoms with Crippen LogP contribution in [-0.4, -0.2) is 24.2 Å². The average Bonchev–Trinajstić information content (AvgIpc) is 3.58. The molecule has 0 saturated heterocycles. The Balaban J connectivity index is 0.000000646. The minimum absolute atomic E-state index is 0. The summed E-state index contributed by atoms with van der Waals surface area (Å²) < 4.78 is 6.07. The van der Waals surface area contributed by atoms with Crippen LogP contribution in [0, 0.1) is 26.7 Å². The van der Waals surface area contributed by atoms with Crippen LogP contribution in [0.5, 0.6) is 0 Å². The second-order valence-corrected chi connectivity index (χ2v) is 11.2. The van der Waals surface area contributed by atoms with Crippen LogP contribution in [0.2, 0.25) is 0 Å². The fraction of sp³-hybridized carbons (Fsp3) is 0.367. The van der Waals surface area contributed by atoms with Crippen LogP contribution in [0.1, 0.15) is 39.5 Å². The second kappa shape index (κ2) is 15.4. The van der Waals surface area contributed by atoms with Gasteiger partial charge in [0.05, 0.1) is 12.0 Å². The topological polar surface area (TPSA) is 21.6 Å².